The predicted octanol–water partition coefficient (Wildman–Crippen LogP) is 2.97. The van der Waals surface area contributed by atoms with Gasteiger partial charge < -0.3 is 4.79 Å². The second-order valence-corrected chi connectivity index (χ2v) is 4.78. The minimum absolute atomic E-state index is 0.300. The Bertz CT molecular complexity index is 449. The predicted molar refractivity (Wildman–Crippen MR) is 77.6 cm³/mol. The fraction of sp³-hybridized carbons (Fsp3) is 0.438. The Balaban J connectivity index is 0.000000206. The lowest BCUT2D eigenvalue weighted by atomic mass is 10.0. The first-order valence-corrected chi connectivity index (χ1v) is 7.04. The minimum atomic E-state index is -0.300. The third kappa shape index (κ3) is 4.30. The third-order valence-corrected chi connectivity index (χ3v) is 3.29. The smallest absolute Gasteiger partial charge is 0.258 e. The van der Waals surface area contributed by atoms with Crippen molar-refractivity contribution in [3.63, 3.8) is 0 Å². The summed E-state index contributed by atoms with van der Waals surface area (Å²) in [6.45, 7) is 4.21. The van der Waals surface area contributed by atoms with E-state index < -0.39 is 0 Å². The molecule has 0 aromatic heterocycles. The molecule has 0 fully saturated rings. The van der Waals surface area contributed by atoms with Gasteiger partial charge in [-0.15, -0.1) is 0 Å². The van der Waals surface area contributed by atoms with Crippen LogP contribution in [0.15, 0.2) is 24.3 Å². The van der Waals surface area contributed by atoms with E-state index in [1.54, 1.807) is 24.3 Å². The maximum atomic E-state index is 10.9. The number of nitrogens with one attached hydrogen (secondary N) is 1. The number of unbranched alkanes of at least 4 members (excludes halogenated alkanes) is 1. The zero-order valence-corrected chi connectivity index (χ0v) is 12.0. The van der Waals surface area contributed by atoms with Gasteiger partial charge in [-0.05, 0) is 25.0 Å². The summed E-state index contributed by atoms with van der Waals surface area (Å²) in [6.07, 6.45) is 5.55. The molecule has 1 heterocycles. The van der Waals surface area contributed by atoms with Gasteiger partial charge in [-0.1, -0.05) is 38.8 Å². The van der Waals surface area contributed by atoms with Gasteiger partial charge >= 0.3 is 0 Å². The van der Waals surface area contributed by atoms with Gasteiger partial charge in [-0.2, -0.15) is 0 Å². The van der Waals surface area contributed by atoms with Crippen LogP contribution >= 0.6 is 0 Å². The number of benzene rings is 1. The van der Waals surface area contributed by atoms with Gasteiger partial charge in [-0.3, -0.25) is 14.9 Å². The molecule has 0 saturated carbocycles. The van der Waals surface area contributed by atoms with Crippen LogP contribution in [0.5, 0.6) is 0 Å². The molecule has 0 spiro atoms. The lowest BCUT2D eigenvalue weighted by Gasteiger charge is -2.03. The minimum Gasteiger partial charge on any atom is -0.303 e. The molecule has 1 N–H and O–H groups in total. The molecule has 1 aliphatic heterocycles. The van der Waals surface area contributed by atoms with Crippen molar-refractivity contribution >= 4 is 18.1 Å². The first kappa shape index (κ1) is 16.1. The summed E-state index contributed by atoms with van der Waals surface area (Å²) in [5.74, 6) is -0.277. The topological polar surface area (TPSA) is 63.2 Å². The first-order chi connectivity index (χ1) is 9.63. The average molecular weight is 275 g/mol. The number of imide groups is 1. The van der Waals surface area contributed by atoms with Crippen LogP contribution in [-0.4, -0.2) is 18.1 Å². The highest BCUT2D eigenvalue weighted by atomic mass is 16.2. The molecule has 0 saturated heterocycles. The monoisotopic (exact) mass is 275 g/mol. The molecule has 1 atom stereocenters. The highest BCUT2D eigenvalue weighted by molar-refractivity contribution is 6.21. The number of rotatable bonds is 5. The number of hydrogen-bond donors (Lipinski definition) is 1. The van der Waals surface area contributed by atoms with Gasteiger partial charge in [0.25, 0.3) is 11.8 Å². The van der Waals surface area contributed by atoms with Crippen LogP contribution < -0.4 is 5.32 Å². The number of amides is 2. The van der Waals surface area contributed by atoms with Crippen LogP contribution in [0.25, 0.3) is 0 Å². The molecule has 0 bridgehead atoms. The number of carbonyl (C=O) groups is 3. The van der Waals surface area contributed by atoms with Crippen LogP contribution in [-0.2, 0) is 4.79 Å². The van der Waals surface area contributed by atoms with E-state index in [1.165, 1.54) is 12.8 Å². The Morgan fingerprint density at radius 3 is 2.05 bits per heavy atom. The van der Waals surface area contributed by atoms with E-state index in [0.717, 1.165) is 19.1 Å². The molecule has 0 aliphatic carbocycles. The van der Waals surface area contributed by atoms with Gasteiger partial charge in [0.15, 0.2) is 0 Å². The van der Waals surface area contributed by atoms with Crippen molar-refractivity contribution in [2.45, 2.75) is 39.5 Å². The first-order valence-electron chi connectivity index (χ1n) is 7.04. The molecule has 20 heavy (non-hydrogen) atoms. The molecule has 0 radical (unpaired) electrons. The number of carbonyl (C=O) groups excluding carboxylic acids is 3. The van der Waals surface area contributed by atoms with E-state index in [0.29, 0.717) is 17.0 Å². The number of fused-ring (bicyclic) bond motifs is 1. The number of aldehydes is 1. The van der Waals surface area contributed by atoms with E-state index >= 15 is 0 Å². The van der Waals surface area contributed by atoms with E-state index in [9.17, 15) is 14.4 Å². The van der Waals surface area contributed by atoms with E-state index in [1.807, 2.05) is 0 Å². The Kier molecular flexibility index (Phi) is 6.64. The van der Waals surface area contributed by atoms with Gasteiger partial charge in [-0.25, -0.2) is 0 Å². The lowest BCUT2D eigenvalue weighted by molar-refractivity contribution is -0.111. The maximum absolute atomic E-state index is 10.9. The Morgan fingerprint density at radius 1 is 1.10 bits per heavy atom. The molecule has 1 aromatic carbocycles. The van der Waals surface area contributed by atoms with Gasteiger partial charge in [0.2, 0.25) is 0 Å². The fourth-order valence-electron chi connectivity index (χ4n) is 1.95. The van der Waals surface area contributed by atoms with E-state index in [4.69, 9.17) is 0 Å². The molecular weight excluding hydrogens is 254 g/mol. The maximum Gasteiger partial charge on any atom is 0.258 e. The van der Waals surface area contributed by atoms with Crippen LogP contribution in [0, 0.1) is 5.92 Å². The Hall–Kier alpha value is -1.97. The second-order valence-electron chi connectivity index (χ2n) is 4.78. The van der Waals surface area contributed by atoms with Crippen LogP contribution in [0.4, 0.5) is 0 Å². The molecule has 4 nitrogen and oxygen atoms in total. The van der Waals surface area contributed by atoms with Crippen LogP contribution in [0.2, 0.25) is 0 Å². The van der Waals surface area contributed by atoms with Gasteiger partial charge in [0, 0.05) is 5.92 Å². The molecular formula is C16H21NO3. The highest BCUT2D eigenvalue weighted by Crippen LogP contribution is 2.13. The molecule has 2 rings (SSSR count). The highest BCUT2D eigenvalue weighted by Gasteiger charge is 2.25. The summed E-state index contributed by atoms with van der Waals surface area (Å²) < 4.78 is 0. The normalized spacial score (nSPS) is 13.9. The number of hydrogen-bond acceptors (Lipinski definition) is 3. The quantitative estimate of drug-likeness (QED) is 0.663. The van der Waals surface area contributed by atoms with Crippen molar-refractivity contribution < 1.29 is 14.4 Å². The molecule has 2 amide bonds. The Labute approximate surface area is 119 Å². The lowest BCUT2D eigenvalue weighted by Crippen LogP contribution is -2.19. The van der Waals surface area contributed by atoms with Crippen molar-refractivity contribution in [1.29, 1.82) is 0 Å². The molecule has 1 aromatic rings. The van der Waals surface area contributed by atoms with Crippen LogP contribution in [0.1, 0.15) is 60.2 Å². The third-order valence-electron chi connectivity index (χ3n) is 3.29. The SMILES string of the molecule is CCCCC(C=O)CC.O=C1NC(=O)c2ccccc21. The van der Waals surface area contributed by atoms with E-state index in [2.05, 4.69) is 19.2 Å². The fourth-order valence-corrected chi connectivity index (χ4v) is 1.95. The second kappa shape index (κ2) is 8.25. The summed E-state index contributed by atoms with van der Waals surface area (Å²) >= 11 is 0. The molecule has 1 aliphatic rings. The summed E-state index contributed by atoms with van der Waals surface area (Å²) in [5, 5.41) is 2.20. The van der Waals surface area contributed by atoms with Crippen molar-refractivity contribution in [3.05, 3.63) is 35.4 Å². The summed E-state index contributed by atoms with van der Waals surface area (Å²) in [6, 6.07) is 6.74. The van der Waals surface area contributed by atoms with Gasteiger partial charge in [0.05, 0.1) is 11.1 Å². The standard InChI is InChI=1S/C8H5NO2.C8H16O/c10-7-5-3-1-2-4-6(5)8(11)9-7;1-3-5-6-8(4-2)7-9/h1-4H,(H,9,10,11);7-8H,3-6H2,1-2H3. The average Bonchev–Trinajstić information content (AvgIpc) is 2.77. The largest absolute Gasteiger partial charge is 0.303 e. The Morgan fingerprint density at radius 2 is 1.65 bits per heavy atom. The van der Waals surface area contributed by atoms with Crippen molar-refractivity contribution in [2.75, 3.05) is 0 Å². The van der Waals surface area contributed by atoms with Crippen molar-refractivity contribution in [1.82, 2.24) is 5.32 Å². The molecule has 4 heteroatoms. The zero-order valence-electron chi connectivity index (χ0n) is 12.0. The van der Waals surface area contributed by atoms with E-state index in [-0.39, 0.29) is 11.8 Å². The van der Waals surface area contributed by atoms with Crippen molar-refractivity contribution in [3.8, 4) is 0 Å². The van der Waals surface area contributed by atoms with Crippen LogP contribution in [0.3, 0.4) is 0 Å². The zero-order chi connectivity index (χ0) is 15.0. The molecule has 108 valence electrons. The summed E-state index contributed by atoms with van der Waals surface area (Å²) in [4.78, 5) is 32.1. The summed E-state index contributed by atoms with van der Waals surface area (Å²) in [5.41, 5.74) is 0.940. The van der Waals surface area contributed by atoms with Crippen molar-refractivity contribution in [2.24, 2.45) is 5.92 Å². The summed E-state index contributed by atoms with van der Waals surface area (Å²) in [7, 11) is 0. The molecule has 1 unspecified atom stereocenters. The van der Waals surface area contributed by atoms with Gasteiger partial charge in [0.1, 0.15) is 6.29 Å².